The van der Waals surface area contributed by atoms with Gasteiger partial charge in [-0.15, -0.1) is 0 Å². The van der Waals surface area contributed by atoms with E-state index in [0.29, 0.717) is 18.4 Å². The van der Waals surface area contributed by atoms with Crippen LogP contribution in [0.3, 0.4) is 0 Å². The summed E-state index contributed by atoms with van der Waals surface area (Å²) in [7, 11) is 1.90. The minimum absolute atomic E-state index is 0.310. The van der Waals surface area contributed by atoms with E-state index >= 15 is 0 Å². The molecule has 1 aromatic rings. The van der Waals surface area contributed by atoms with Crippen molar-refractivity contribution in [3.63, 3.8) is 0 Å². The number of halogens is 1. The zero-order valence-electron chi connectivity index (χ0n) is 7.97. The monoisotopic (exact) mass is 213 g/mol. The highest BCUT2D eigenvalue weighted by molar-refractivity contribution is 6.31. The van der Waals surface area contributed by atoms with Crippen molar-refractivity contribution in [2.75, 3.05) is 13.8 Å². The highest BCUT2D eigenvalue weighted by Gasteiger charge is 2.17. The molecular weight excluding hydrogens is 202 g/mol. The fraction of sp³-hybridized carbons (Fsp3) is 0.400. The third kappa shape index (κ3) is 1.71. The van der Waals surface area contributed by atoms with Crippen LogP contribution in [0.5, 0.6) is 5.75 Å². The number of hydrogen-bond acceptors (Lipinski definition) is 3. The van der Waals surface area contributed by atoms with Gasteiger partial charge in [0.1, 0.15) is 5.75 Å². The quantitative estimate of drug-likeness (QED) is 0.815. The number of ether oxygens (including phenoxy) is 2. The van der Waals surface area contributed by atoms with E-state index in [1.165, 1.54) is 0 Å². The van der Waals surface area contributed by atoms with E-state index in [1.54, 1.807) is 0 Å². The van der Waals surface area contributed by atoms with Crippen molar-refractivity contribution in [3.05, 3.63) is 28.3 Å². The smallest absolute Gasteiger partial charge is 0.189 e. The summed E-state index contributed by atoms with van der Waals surface area (Å²) in [6.07, 6.45) is 0. The summed E-state index contributed by atoms with van der Waals surface area (Å²) in [6.45, 7) is 1.62. The largest absolute Gasteiger partial charge is 0.467 e. The van der Waals surface area contributed by atoms with Gasteiger partial charge in [0.25, 0.3) is 0 Å². The maximum atomic E-state index is 6.03. The second-order valence-electron chi connectivity index (χ2n) is 3.16. The predicted octanol–water partition coefficient (Wildman–Crippen LogP) is 1.93. The average molecular weight is 214 g/mol. The molecule has 1 heterocycles. The molecule has 0 unspecified atom stereocenters. The Morgan fingerprint density at radius 3 is 3.14 bits per heavy atom. The molecule has 0 bridgehead atoms. The molecule has 0 saturated carbocycles. The Labute approximate surface area is 88.0 Å². The van der Waals surface area contributed by atoms with Crippen LogP contribution in [0, 0.1) is 0 Å². The van der Waals surface area contributed by atoms with Gasteiger partial charge in [-0.25, -0.2) is 0 Å². The van der Waals surface area contributed by atoms with E-state index in [-0.39, 0.29) is 0 Å². The lowest BCUT2D eigenvalue weighted by Gasteiger charge is -2.21. The van der Waals surface area contributed by atoms with Gasteiger partial charge >= 0.3 is 0 Å². The molecule has 14 heavy (non-hydrogen) atoms. The summed E-state index contributed by atoms with van der Waals surface area (Å²) in [6, 6.07) is 3.86. The maximum absolute atomic E-state index is 6.03. The third-order valence-corrected chi connectivity index (χ3v) is 2.54. The van der Waals surface area contributed by atoms with Crippen LogP contribution in [0.25, 0.3) is 0 Å². The van der Waals surface area contributed by atoms with Gasteiger partial charge in [0.05, 0.1) is 6.61 Å². The van der Waals surface area contributed by atoms with Gasteiger partial charge in [-0.05, 0) is 13.1 Å². The summed E-state index contributed by atoms with van der Waals surface area (Å²) in [5.74, 6) is 0.873. The van der Waals surface area contributed by atoms with Crippen molar-refractivity contribution in [2.24, 2.45) is 0 Å². The Kier molecular flexibility index (Phi) is 2.91. The molecule has 0 aliphatic carbocycles. The number of fused-ring (bicyclic) bond motifs is 1. The van der Waals surface area contributed by atoms with E-state index < -0.39 is 0 Å². The Balaban J connectivity index is 2.42. The first-order valence-corrected chi connectivity index (χ1v) is 4.86. The number of rotatable bonds is 2. The van der Waals surface area contributed by atoms with Crippen LogP contribution < -0.4 is 10.1 Å². The van der Waals surface area contributed by atoms with Gasteiger partial charge in [0, 0.05) is 22.7 Å². The Bertz CT molecular complexity index is 341. The molecule has 0 saturated heterocycles. The molecule has 0 fully saturated rings. The minimum Gasteiger partial charge on any atom is -0.467 e. The number of hydrogen-bond donors (Lipinski definition) is 1. The van der Waals surface area contributed by atoms with E-state index in [9.17, 15) is 0 Å². The molecule has 1 N–H and O–H groups in total. The van der Waals surface area contributed by atoms with E-state index in [0.717, 1.165) is 23.4 Å². The standard InChI is InChI=1S/C10H12ClNO2/c1-12-4-7-2-3-9(11)8-5-13-6-14-10(7)8/h2-3,12H,4-6H2,1H3. The lowest BCUT2D eigenvalue weighted by molar-refractivity contribution is -0.0170. The molecule has 76 valence electrons. The Morgan fingerprint density at radius 1 is 1.50 bits per heavy atom. The Morgan fingerprint density at radius 2 is 2.36 bits per heavy atom. The number of nitrogens with one attached hydrogen (secondary N) is 1. The first kappa shape index (κ1) is 9.77. The van der Waals surface area contributed by atoms with Crippen molar-refractivity contribution in [1.82, 2.24) is 5.32 Å². The maximum Gasteiger partial charge on any atom is 0.189 e. The van der Waals surface area contributed by atoms with Gasteiger partial charge < -0.3 is 14.8 Å². The zero-order valence-corrected chi connectivity index (χ0v) is 8.73. The van der Waals surface area contributed by atoms with Crippen molar-refractivity contribution in [3.8, 4) is 5.75 Å². The summed E-state index contributed by atoms with van der Waals surface area (Å²) in [5, 5.41) is 3.80. The number of benzene rings is 1. The molecule has 2 rings (SSSR count). The summed E-state index contributed by atoms with van der Waals surface area (Å²) in [5.41, 5.74) is 2.07. The average Bonchev–Trinajstić information content (AvgIpc) is 2.23. The normalized spacial score (nSPS) is 14.7. The van der Waals surface area contributed by atoms with Crippen LogP contribution >= 0.6 is 11.6 Å². The van der Waals surface area contributed by atoms with E-state index in [2.05, 4.69) is 5.32 Å². The van der Waals surface area contributed by atoms with Crippen molar-refractivity contribution in [1.29, 1.82) is 0 Å². The SMILES string of the molecule is CNCc1ccc(Cl)c2c1OCOC2. The molecule has 3 nitrogen and oxygen atoms in total. The molecule has 1 aliphatic rings. The fourth-order valence-corrected chi connectivity index (χ4v) is 1.74. The van der Waals surface area contributed by atoms with Gasteiger partial charge in [-0.1, -0.05) is 17.7 Å². The first-order chi connectivity index (χ1) is 6.83. The molecule has 0 amide bonds. The molecule has 0 atom stereocenters. The van der Waals surface area contributed by atoms with Crippen LogP contribution in [0.15, 0.2) is 12.1 Å². The predicted molar refractivity (Wildman–Crippen MR) is 54.5 cm³/mol. The second kappa shape index (κ2) is 4.17. The third-order valence-electron chi connectivity index (χ3n) is 2.19. The molecule has 0 aromatic heterocycles. The molecule has 0 radical (unpaired) electrons. The molecule has 4 heteroatoms. The molecular formula is C10H12ClNO2. The van der Waals surface area contributed by atoms with Crippen LogP contribution in [-0.2, 0) is 17.9 Å². The van der Waals surface area contributed by atoms with Crippen LogP contribution in [0.4, 0.5) is 0 Å². The molecule has 1 aliphatic heterocycles. The lowest BCUT2D eigenvalue weighted by atomic mass is 10.1. The highest BCUT2D eigenvalue weighted by Crippen LogP contribution is 2.33. The van der Waals surface area contributed by atoms with Gasteiger partial charge in [0.2, 0.25) is 0 Å². The van der Waals surface area contributed by atoms with Crippen LogP contribution in [0.2, 0.25) is 5.02 Å². The minimum atomic E-state index is 0.310. The summed E-state index contributed by atoms with van der Waals surface area (Å²) in [4.78, 5) is 0. The van der Waals surface area contributed by atoms with Gasteiger partial charge in [-0.2, -0.15) is 0 Å². The second-order valence-corrected chi connectivity index (χ2v) is 3.56. The van der Waals surface area contributed by atoms with Gasteiger partial charge in [0.15, 0.2) is 6.79 Å². The molecule has 0 spiro atoms. The fourth-order valence-electron chi connectivity index (χ4n) is 1.54. The zero-order chi connectivity index (χ0) is 9.97. The topological polar surface area (TPSA) is 30.5 Å². The van der Waals surface area contributed by atoms with E-state index in [1.807, 2.05) is 19.2 Å². The van der Waals surface area contributed by atoms with Crippen LogP contribution in [0.1, 0.15) is 11.1 Å². The van der Waals surface area contributed by atoms with Crippen LogP contribution in [-0.4, -0.2) is 13.8 Å². The summed E-state index contributed by atoms with van der Waals surface area (Å²) < 4.78 is 10.6. The molecule has 1 aromatic carbocycles. The van der Waals surface area contributed by atoms with Crippen molar-refractivity contribution in [2.45, 2.75) is 13.2 Å². The lowest BCUT2D eigenvalue weighted by Crippen LogP contribution is -2.15. The van der Waals surface area contributed by atoms with Crippen molar-refractivity contribution < 1.29 is 9.47 Å². The highest BCUT2D eigenvalue weighted by atomic mass is 35.5. The summed E-state index contributed by atoms with van der Waals surface area (Å²) >= 11 is 6.03. The first-order valence-electron chi connectivity index (χ1n) is 4.48. The van der Waals surface area contributed by atoms with Crippen molar-refractivity contribution >= 4 is 11.6 Å². The van der Waals surface area contributed by atoms with E-state index in [4.69, 9.17) is 21.1 Å². The van der Waals surface area contributed by atoms with Gasteiger partial charge in [-0.3, -0.25) is 0 Å². The Hall–Kier alpha value is -0.770.